The Bertz CT molecular complexity index is 609. The fourth-order valence-corrected chi connectivity index (χ4v) is 1.89. The molecule has 0 unspecified atom stereocenters. The van der Waals surface area contributed by atoms with Gasteiger partial charge in [0.1, 0.15) is 11.6 Å². The minimum atomic E-state index is -0.632. The summed E-state index contributed by atoms with van der Waals surface area (Å²) in [5.41, 5.74) is 0.479. The molecule has 2 aromatic carbocycles. The van der Waals surface area contributed by atoms with E-state index in [1.165, 1.54) is 12.1 Å². The van der Waals surface area contributed by atoms with Gasteiger partial charge in [0.15, 0.2) is 0 Å². The van der Waals surface area contributed by atoms with Crippen LogP contribution in [0.5, 0.6) is 0 Å². The lowest BCUT2D eigenvalue weighted by Gasteiger charge is -2.10. The van der Waals surface area contributed by atoms with Crippen LogP contribution in [0.15, 0.2) is 36.4 Å². The summed E-state index contributed by atoms with van der Waals surface area (Å²) >= 11 is 11.5. The molecule has 2 amide bonds. The molecule has 2 N–H and O–H groups in total. The van der Waals surface area contributed by atoms with E-state index in [1.807, 2.05) is 0 Å². The lowest BCUT2D eigenvalue weighted by atomic mass is 10.3. The summed E-state index contributed by atoms with van der Waals surface area (Å²) in [6.07, 6.45) is 0. The minimum Gasteiger partial charge on any atom is -0.306 e. The molecule has 0 heterocycles. The van der Waals surface area contributed by atoms with Gasteiger partial charge in [-0.05, 0) is 36.4 Å². The number of urea groups is 1. The van der Waals surface area contributed by atoms with Crippen molar-refractivity contribution in [3.8, 4) is 0 Å². The SMILES string of the molecule is O=C(Nc1ccc(F)cc1Cl)Nc1ccc(F)cc1Cl. The van der Waals surface area contributed by atoms with Crippen molar-refractivity contribution in [1.29, 1.82) is 0 Å². The highest BCUT2D eigenvalue weighted by Gasteiger charge is 2.09. The largest absolute Gasteiger partial charge is 0.323 e. The molecular formula is C13H8Cl2F2N2O. The Balaban J connectivity index is 2.09. The molecule has 0 radical (unpaired) electrons. The smallest absolute Gasteiger partial charge is 0.306 e. The van der Waals surface area contributed by atoms with Gasteiger partial charge in [-0.25, -0.2) is 13.6 Å². The predicted octanol–water partition coefficient (Wildman–Crippen LogP) is 4.92. The van der Waals surface area contributed by atoms with Crippen molar-refractivity contribution in [3.63, 3.8) is 0 Å². The Kier molecular flexibility index (Phi) is 4.42. The van der Waals surface area contributed by atoms with Crippen LogP contribution in [0.4, 0.5) is 25.0 Å². The molecule has 0 saturated heterocycles. The summed E-state index contributed by atoms with van der Waals surface area (Å²) in [5.74, 6) is -1.02. The van der Waals surface area contributed by atoms with E-state index in [0.29, 0.717) is 0 Å². The third-order valence-electron chi connectivity index (χ3n) is 2.36. The molecule has 0 saturated carbocycles. The van der Waals surface area contributed by atoms with Crippen LogP contribution in [0.25, 0.3) is 0 Å². The van der Waals surface area contributed by atoms with E-state index in [9.17, 15) is 13.6 Å². The zero-order chi connectivity index (χ0) is 14.7. The lowest BCUT2D eigenvalue weighted by Crippen LogP contribution is -2.19. The van der Waals surface area contributed by atoms with Gasteiger partial charge in [-0.3, -0.25) is 0 Å². The Morgan fingerprint density at radius 3 is 1.60 bits per heavy atom. The van der Waals surface area contributed by atoms with Crippen molar-refractivity contribution in [2.24, 2.45) is 0 Å². The first kappa shape index (κ1) is 14.6. The molecule has 0 bridgehead atoms. The van der Waals surface area contributed by atoms with Crippen LogP contribution in [0.1, 0.15) is 0 Å². The van der Waals surface area contributed by atoms with Gasteiger partial charge in [-0.1, -0.05) is 23.2 Å². The summed E-state index contributed by atoms with van der Waals surface area (Å²) in [4.78, 5) is 11.7. The summed E-state index contributed by atoms with van der Waals surface area (Å²) in [7, 11) is 0. The second-order valence-electron chi connectivity index (χ2n) is 3.83. The number of rotatable bonds is 2. The van der Waals surface area contributed by atoms with E-state index >= 15 is 0 Å². The highest BCUT2D eigenvalue weighted by atomic mass is 35.5. The van der Waals surface area contributed by atoms with Crippen molar-refractivity contribution in [2.75, 3.05) is 10.6 Å². The molecule has 2 aromatic rings. The van der Waals surface area contributed by atoms with Gasteiger partial charge in [0.05, 0.1) is 21.4 Å². The monoisotopic (exact) mass is 316 g/mol. The minimum absolute atomic E-state index is 0.0605. The van der Waals surface area contributed by atoms with Gasteiger partial charge in [0, 0.05) is 0 Å². The molecule has 3 nitrogen and oxygen atoms in total. The van der Waals surface area contributed by atoms with Gasteiger partial charge >= 0.3 is 6.03 Å². The van der Waals surface area contributed by atoms with Crippen LogP contribution in [-0.2, 0) is 0 Å². The number of amides is 2. The second kappa shape index (κ2) is 6.07. The van der Waals surface area contributed by atoms with Crippen LogP contribution in [0, 0.1) is 11.6 Å². The summed E-state index contributed by atoms with van der Waals surface area (Å²) in [6, 6.07) is 6.47. The van der Waals surface area contributed by atoms with E-state index in [-0.39, 0.29) is 21.4 Å². The fraction of sp³-hybridized carbons (Fsp3) is 0. The molecule has 7 heteroatoms. The number of hydrogen-bond donors (Lipinski definition) is 2. The van der Waals surface area contributed by atoms with Crippen LogP contribution in [-0.4, -0.2) is 6.03 Å². The zero-order valence-electron chi connectivity index (χ0n) is 9.88. The first-order chi connectivity index (χ1) is 9.45. The number of benzene rings is 2. The number of hydrogen-bond acceptors (Lipinski definition) is 1. The van der Waals surface area contributed by atoms with Crippen LogP contribution in [0.2, 0.25) is 10.0 Å². The maximum absolute atomic E-state index is 12.9. The van der Waals surface area contributed by atoms with Gasteiger partial charge in [-0.2, -0.15) is 0 Å². The number of halogens is 4. The zero-order valence-corrected chi connectivity index (χ0v) is 11.4. The van der Waals surface area contributed by atoms with Crippen LogP contribution >= 0.6 is 23.2 Å². The third-order valence-corrected chi connectivity index (χ3v) is 2.98. The molecule has 104 valence electrons. The molecule has 0 aliphatic heterocycles. The Morgan fingerprint density at radius 2 is 1.25 bits per heavy atom. The van der Waals surface area contributed by atoms with Crippen LogP contribution in [0.3, 0.4) is 0 Å². The number of nitrogens with one attached hydrogen (secondary N) is 2. The molecule has 2 rings (SSSR count). The lowest BCUT2D eigenvalue weighted by molar-refractivity contribution is 0.262. The van der Waals surface area contributed by atoms with Crippen molar-refractivity contribution in [2.45, 2.75) is 0 Å². The first-order valence-corrected chi connectivity index (χ1v) is 6.19. The van der Waals surface area contributed by atoms with E-state index in [4.69, 9.17) is 23.2 Å². The van der Waals surface area contributed by atoms with Crippen molar-refractivity contribution >= 4 is 40.6 Å². The van der Waals surface area contributed by atoms with Crippen molar-refractivity contribution in [1.82, 2.24) is 0 Å². The van der Waals surface area contributed by atoms with Crippen molar-refractivity contribution in [3.05, 3.63) is 58.1 Å². The fourth-order valence-electron chi connectivity index (χ4n) is 1.46. The molecule has 0 atom stereocenters. The van der Waals surface area contributed by atoms with E-state index in [2.05, 4.69) is 10.6 Å². The van der Waals surface area contributed by atoms with E-state index in [1.54, 1.807) is 0 Å². The Morgan fingerprint density at radius 1 is 0.850 bits per heavy atom. The maximum Gasteiger partial charge on any atom is 0.323 e. The molecule has 0 aliphatic rings. The quantitative estimate of drug-likeness (QED) is 0.811. The highest BCUT2D eigenvalue weighted by molar-refractivity contribution is 6.34. The number of anilines is 2. The van der Waals surface area contributed by atoms with Crippen LogP contribution < -0.4 is 10.6 Å². The summed E-state index contributed by atoms with van der Waals surface area (Å²) < 4.78 is 25.7. The molecule has 0 aromatic heterocycles. The predicted molar refractivity (Wildman–Crippen MR) is 75.5 cm³/mol. The third kappa shape index (κ3) is 3.59. The van der Waals surface area contributed by atoms with E-state index < -0.39 is 17.7 Å². The number of carbonyl (C=O) groups is 1. The van der Waals surface area contributed by atoms with Gasteiger partial charge in [0.25, 0.3) is 0 Å². The Labute approximate surface area is 123 Å². The molecule has 0 spiro atoms. The average molecular weight is 317 g/mol. The van der Waals surface area contributed by atoms with E-state index in [0.717, 1.165) is 24.3 Å². The summed E-state index contributed by atoms with van der Waals surface area (Å²) in [6.45, 7) is 0. The molecule has 0 aliphatic carbocycles. The first-order valence-electron chi connectivity index (χ1n) is 5.44. The standard InChI is InChI=1S/C13H8Cl2F2N2O/c14-9-5-7(16)1-3-11(9)18-13(20)19-12-4-2-8(17)6-10(12)15/h1-6H,(H2,18,19,20). The normalized spacial score (nSPS) is 10.2. The van der Waals surface area contributed by atoms with Gasteiger partial charge in [0.2, 0.25) is 0 Å². The Hall–Kier alpha value is -1.85. The molecule has 0 fully saturated rings. The van der Waals surface area contributed by atoms with Gasteiger partial charge in [-0.15, -0.1) is 0 Å². The topological polar surface area (TPSA) is 41.1 Å². The highest BCUT2D eigenvalue weighted by Crippen LogP contribution is 2.24. The second-order valence-corrected chi connectivity index (χ2v) is 4.64. The average Bonchev–Trinajstić information content (AvgIpc) is 2.36. The van der Waals surface area contributed by atoms with Crippen molar-refractivity contribution < 1.29 is 13.6 Å². The maximum atomic E-state index is 12.9. The molecular weight excluding hydrogens is 309 g/mol. The van der Waals surface area contributed by atoms with Gasteiger partial charge < -0.3 is 10.6 Å². The number of carbonyl (C=O) groups excluding carboxylic acids is 1. The molecule has 20 heavy (non-hydrogen) atoms. The summed E-state index contributed by atoms with van der Waals surface area (Å²) in [5, 5.41) is 4.97.